The first-order valence-electron chi connectivity index (χ1n) is 10.8. The highest BCUT2D eigenvalue weighted by Crippen LogP contribution is 2.34. The molecular weight excluding hydrogens is 368 g/mol. The lowest BCUT2D eigenvalue weighted by Crippen LogP contribution is -2.36. The van der Waals surface area contributed by atoms with Crippen molar-refractivity contribution in [1.82, 2.24) is 4.57 Å². The number of aromatic nitrogens is 2. The van der Waals surface area contributed by atoms with E-state index in [1.165, 1.54) is 40.6 Å². The maximum absolute atomic E-state index is 6.06. The molecule has 3 nitrogen and oxygen atoms in total. The summed E-state index contributed by atoms with van der Waals surface area (Å²) >= 11 is 0. The smallest absolute Gasteiger partial charge is 0.254 e. The van der Waals surface area contributed by atoms with Gasteiger partial charge < -0.3 is 4.42 Å². The average Bonchev–Trinajstić information content (AvgIpc) is 3.34. The molecule has 0 saturated carbocycles. The van der Waals surface area contributed by atoms with Crippen molar-refractivity contribution in [2.75, 3.05) is 0 Å². The number of aryl methyl sites for hydroxylation is 1. The first-order valence-corrected chi connectivity index (χ1v) is 10.8. The Morgan fingerprint density at radius 1 is 0.867 bits per heavy atom. The molecule has 0 N–H and O–H groups in total. The van der Waals surface area contributed by atoms with E-state index >= 15 is 0 Å². The van der Waals surface area contributed by atoms with Gasteiger partial charge in [0.25, 0.3) is 5.82 Å². The van der Waals surface area contributed by atoms with Crippen LogP contribution in [0.25, 0.3) is 21.9 Å². The topological polar surface area (TPSA) is 21.9 Å². The maximum Gasteiger partial charge on any atom is 0.254 e. The van der Waals surface area contributed by atoms with Gasteiger partial charge in [0, 0.05) is 28.8 Å². The van der Waals surface area contributed by atoms with Crippen LogP contribution in [0.5, 0.6) is 0 Å². The number of unbranched alkanes of at least 4 members (excludes halogenated alkanes) is 1. The molecule has 1 atom stereocenters. The second kappa shape index (κ2) is 7.83. The number of hydrogen-bond acceptors (Lipinski definition) is 1. The lowest BCUT2D eigenvalue weighted by Gasteiger charge is -2.17. The Morgan fingerprint density at radius 3 is 2.47 bits per heavy atom. The summed E-state index contributed by atoms with van der Waals surface area (Å²) in [5, 5.41) is 2.34. The minimum Gasteiger partial charge on any atom is -0.456 e. The zero-order valence-corrected chi connectivity index (χ0v) is 17.6. The monoisotopic (exact) mass is 395 g/mol. The number of imidazole rings is 1. The molecule has 3 aromatic carbocycles. The minimum absolute atomic E-state index is 0.118. The van der Waals surface area contributed by atoms with Gasteiger partial charge in [0.2, 0.25) is 0 Å². The van der Waals surface area contributed by atoms with Gasteiger partial charge in [-0.25, -0.2) is 9.13 Å². The third kappa shape index (κ3) is 3.21. The van der Waals surface area contributed by atoms with E-state index in [1.54, 1.807) is 0 Å². The lowest BCUT2D eigenvalue weighted by atomic mass is 9.96. The van der Waals surface area contributed by atoms with E-state index in [0.717, 1.165) is 17.7 Å². The molecule has 5 rings (SSSR count). The third-order valence-electron chi connectivity index (χ3n) is 6.06. The van der Waals surface area contributed by atoms with Gasteiger partial charge in [0.1, 0.15) is 23.6 Å². The Morgan fingerprint density at radius 2 is 1.63 bits per heavy atom. The van der Waals surface area contributed by atoms with Crippen molar-refractivity contribution in [2.24, 2.45) is 0 Å². The number of fused-ring (bicyclic) bond motifs is 3. The molecule has 1 unspecified atom stereocenters. The summed E-state index contributed by atoms with van der Waals surface area (Å²) in [5.74, 6) is 1.27. The van der Waals surface area contributed by atoms with Crippen LogP contribution in [0.15, 0.2) is 89.6 Å². The molecule has 0 radical (unpaired) electrons. The zero-order chi connectivity index (χ0) is 20.5. The lowest BCUT2D eigenvalue weighted by molar-refractivity contribution is -0.702. The van der Waals surface area contributed by atoms with Crippen LogP contribution in [-0.2, 0) is 6.54 Å². The zero-order valence-electron chi connectivity index (χ0n) is 17.6. The van der Waals surface area contributed by atoms with Gasteiger partial charge in [-0.3, -0.25) is 0 Å². The number of hydrogen-bond donors (Lipinski definition) is 0. The van der Waals surface area contributed by atoms with E-state index in [1.807, 2.05) is 12.1 Å². The van der Waals surface area contributed by atoms with Crippen molar-refractivity contribution < 1.29 is 8.98 Å². The highest BCUT2D eigenvalue weighted by Gasteiger charge is 2.26. The van der Waals surface area contributed by atoms with Crippen LogP contribution in [0, 0.1) is 6.92 Å². The molecule has 0 aliphatic rings. The fraction of sp³-hybridized carbons (Fsp3) is 0.222. The van der Waals surface area contributed by atoms with Crippen LogP contribution in [-0.4, -0.2) is 4.57 Å². The predicted octanol–water partition coefficient (Wildman–Crippen LogP) is 6.42. The molecule has 0 aliphatic carbocycles. The molecule has 30 heavy (non-hydrogen) atoms. The van der Waals surface area contributed by atoms with Gasteiger partial charge in [0.05, 0.1) is 6.54 Å². The maximum atomic E-state index is 6.06. The molecule has 0 saturated heterocycles. The molecule has 0 aliphatic heterocycles. The largest absolute Gasteiger partial charge is 0.456 e. The number of nitrogens with zero attached hydrogens (tertiary/aromatic N) is 2. The highest BCUT2D eigenvalue weighted by molar-refractivity contribution is 6.05. The molecule has 0 bridgehead atoms. The molecule has 5 aromatic rings. The summed E-state index contributed by atoms with van der Waals surface area (Å²) in [7, 11) is 0. The minimum atomic E-state index is 0.118. The average molecular weight is 396 g/mol. The SMILES string of the molecule is CCCC[n+]1ccn(C(c2ccccc2)c2ccc3oc4ccccc4c3c2)c1C. The first-order chi connectivity index (χ1) is 14.8. The van der Waals surface area contributed by atoms with Crippen LogP contribution in [0.2, 0.25) is 0 Å². The van der Waals surface area contributed by atoms with E-state index < -0.39 is 0 Å². The van der Waals surface area contributed by atoms with E-state index in [2.05, 4.69) is 96.0 Å². The summed E-state index contributed by atoms with van der Waals surface area (Å²) in [6, 6.07) is 25.8. The normalized spacial score (nSPS) is 12.6. The van der Waals surface area contributed by atoms with Gasteiger partial charge in [0.15, 0.2) is 6.04 Å². The molecule has 150 valence electrons. The highest BCUT2D eigenvalue weighted by atomic mass is 16.3. The Bertz CT molecular complexity index is 1300. The Balaban J connectivity index is 1.68. The quantitative estimate of drug-likeness (QED) is 0.304. The van der Waals surface area contributed by atoms with Gasteiger partial charge in [-0.15, -0.1) is 0 Å². The van der Waals surface area contributed by atoms with Gasteiger partial charge >= 0.3 is 0 Å². The molecular formula is C27H27N2O+. The Hall–Kier alpha value is -3.33. The summed E-state index contributed by atoms with van der Waals surface area (Å²) < 4.78 is 10.8. The third-order valence-corrected chi connectivity index (χ3v) is 6.06. The van der Waals surface area contributed by atoms with Gasteiger partial charge in [-0.2, -0.15) is 0 Å². The van der Waals surface area contributed by atoms with E-state index in [4.69, 9.17) is 4.42 Å². The molecule has 2 heterocycles. The van der Waals surface area contributed by atoms with Crippen LogP contribution in [0.1, 0.15) is 42.8 Å². The Labute approximate surface area is 177 Å². The van der Waals surface area contributed by atoms with E-state index in [0.29, 0.717) is 0 Å². The number of benzene rings is 3. The number of para-hydroxylation sites is 1. The standard InChI is InChI=1S/C27H27N2O/c1-3-4-16-28-17-18-29(20(28)2)27(21-10-6-5-7-11-21)22-14-15-26-24(19-22)23-12-8-9-13-25(23)30-26/h5-15,17-19,27H,3-4,16H2,1-2H3/q+1. The van der Waals surface area contributed by atoms with E-state index in [-0.39, 0.29) is 6.04 Å². The van der Waals surface area contributed by atoms with E-state index in [9.17, 15) is 0 Å². The summed E-state index contributed by atoms with van der Waals surface area (Å²) in [6.45, 7) is 5.52. The summed E-state index contributed by atoms with van der Waals surface area (Å²) in [5.41, 5.74) is 4.43. The summed E-state index contributed by atoms with van der Waals surface area (Å²) in [6.07, 6.45) is 6.83. The summed E-state index contributed by atoms with van der Waals surface area (Å²) in [4.78, 5) is 0. The molecule has 0 spiro atoms. The number of rotatable bonds is 6. The van der Waals surface area contributed by atoms with Crippen LogP contribution in [0.4, 0.5) is 0 Å². The molecule has 0 amide bonds. The van der Waals surface area contributed by atoms with Crippen molar-refractivity contribution in [1.29, 1.82) is 0 Å². The van der Waals surface area contributed by atoms with Crippen molar-refractivity contribution >= 4 is 21.9 Å². The fourth-order valence-electron chi connectivity index (χ4n) is 4.42. The molecule has 2 aromatic heterocycles. The fourth-order valence-corrected chi connectivity index (χ4v) is 4.42. The van der Waals surface area contributed by atoms with Crippen molar-refractivity contribution in [2.45, 2.75) is 39.3 Å². The second-order valence-electron chi connectivity index (χ2n) is 7.97. The number of furan rings is 1. The Kier molecular flexibility index (Phi) is 4.88. The molecule has 0 fully saturated rings. The predicted molar refractivity (Wildman–Crippen MR) is 122 cm³/mol. The van der Waals surface area contributed by atoms with Gasteiger partial charge in [-0.1, -0.05) is 67.9 Å². The van der Waals surface area contributed by atoms with Crippen LogP contribution >= 0.6 is 0 Å². The second-order valence-corrected chi connectivity index (χ2v) is 7.97. The van der Waals surface area contributed by atoms with Crippen LogP contribution in [0.3, 0.4) is 0 Å². The van der Waals surface area contributed by atoms with Crippen molar-refractivity contribution in [3.8, 4) is 0 Å². The molecule has 3 heteroatoms. The van der Waals surface area contributed by atoms with Gasteiger partial charge in [-0.05, 0) is 24.6 Å². The van der Waals surface area contributed by atoms with Crippen molar-refractivity contribution in [3.63, 3.8) is 0 Å². The van der Waals surface area contributed by atoms with Crippen molar-refractivity contribution in [3.05, 3.63) is 102 Å². The van der Waals surface area contributed by atoms with Crippen LogP contribution < -0.4 is 4.57 Å². The first kappa shape index (κ1) is 18.7.